The highest BCUT2D eigenvalue weighted by atomic mass is 16.4. The second-order valence-corrected chi connectivity index (χ2v) is 7.35. The molecule has 0 aliphatic carbocycles. The molecule has 0 amide bonds. The average molecular weight is 274 g/mol. The van der Waals surface area contributed by atoms with Gasteiger partial charge in [-0.25, -0.2) is 4.79 Å². The first-order valence-corrected chi connectivity index (χ1v) is 6.82. The first kappa shape index (κ1) is 14.6. The van der Waals surface area contributed by atoms with E-state index in [2.05, 4.69) is 47.6 Å². The number of aromatic hydroxyl groups is 1. The lowest BCUT2D eigenvalue weighted by Gasteiger charge is -2.26. The van der Waals surface area contributed by atoms with Crippen molar-refractivity contribution in [1.29, 1.82) is 0 Å². The van der Waals surface area contributed by atoms with Crippen LogP contribution >= 0.6 is 0 Å². The molecule has 2 rings (SSSR count). The maximum atomic E-state index is 11.5. The zero-order chi connectivity index (χ0) is 15.3. The second kappa shape index (κ2) is 4.37. The van der Waals surface area contributed by atoms with E-state index in [1.165, 1.54) is 0 Å². The molecule has 0 aliphatic heterocycles. The second-order valence-electron chi connectivity index (χ2n) is 7.35. The molecule has 0 saturated carbocycles. The van der Waals surface area contributed by atoms with Crippen LogP contribution in [0.2, 0.25) is 0 Å². The topological polar surface area (TPSA) is 50.4 Å². The van der Waals surface area contributed by atoms with E-state index in [1.807, 2.05) is 6.07 Å². The molecule has 1 N–H and O–H groups in total. The highest BCUT2D eigenvalue weighted by Gasteiger charge is 2.24. The molecule has 2 aromatic rings. The number of hydrogen-bond donors (Lipinski definition) is 1. The largest absolute Gasteiger partial charge is 0.507 e. The van der Waals surface area contributed by atoms with Crippen molar-refractivity contribution in [3.8, 4) is 5.75 Å². The molecule has 3 nitrogen and oxygen atoms in total. The van der Waals surface area contributed by atoms with E-state index >= 15 is 0 Å². The Labute approximate surface area is 119 Å². The van der Waals surface area contributed by atoms with Crippen molar-refractivity contribution in [1.82, 2.24) is 0 Å². The highest BCUT2D eigenvalue weighted by Crippen LogP contribution is 2.37. The fourth-order valence-corrected chi connectivity index (χ4v) is 2.24. The van der Waals surface area contributed by atoms with Gasteiger partial charge >= 0.3 is 5.63 Å². The van der Waals surface area contributed by atoms with Crippen molar-refractivity contribution in [2.75, 3.05) is 0 Å². The molecule has 3 heteroatoms. The molecule has 20 heavy (non-hydrogen) atoms. The van der Waals surface area contributed by atoms with Crippen LogP contribution in [0.3, 0.4) is 0 Å². The molecule has 0 atom stereocenters. The van der Waals surface area contributed by atoms with Crippen LogP contribution in [0.5, 0.6) is 5.75 Å². The smallest absolute Gasteiger partial charge is 0.339 e. The van der Waals surface area contributed by atoms with Crippen LogP contribution in [0.1, 0.15) is 52.7 Å². The van der Waals surface area contributed by atoms with Gasteiger partial charge in [-0.1, -0.05) is 47.6 Å². The third-order valence-electron chi connectivity index (χ3n) is 3.50. The highest BCUT2D eigenvalue weighted by molar-refractivity contribution is 5.87. The van der Waals surface area contributed by atoms with Crippen molar-refractivity contribution in [3.05, 3.63) is 39.7 Å². The Hall–Kier alpha value is -1.77. The van der Waals surface area contributed by atoms with Crippen molar-refractivity contribution >= 4 is 11.0 Å². The van der Waals surface area contributed by atoms with E-state index in [0.29, 0.717) is 11.0 Å². The Balaban J connectivity index is 2.97. The summed E-state index contributed by atoms with van der Waals surface area (Å²) in [5.41, 5.74) is 1.78. The predicted molar refractivity (Wildman–Crippen MR) is 81.5 cm³/mol. The Kier molecular flexibility index (Phi) is 3.20. The summed E-state index contributed by atoms with van der Waals surface area (Å²) in [7, 11) is 0. The van der Waals surface area contributed by atoms with Crippen LogP contribution < -0.4 is 5.63 Å². The molecule has 0 unspecified atom stereocenters. The van der Waals surface area contributed by atoms with Gasteiger partial charge in [0.25, 0.3) is 0 Å². The Bertz CT molecular complexity index is 710. The minimum atomic E-state index is -0.524. The monoisotopic (exact) mass is 274 g/mol. The summed E-state index contributed by atoms with van der Waals surface area (Å²) in [6, 6.07) is 5.11. The van der Waals surface area contributed by atoms with Gasteiger partial charge < -0.3 is 9.52 Å². The average Bonchev–Trinajstić information content (AvgIpc) is 2.24. The molecule has 1 aromatic carbocycles. The molecule has 1 heterocycles. The normalized spacial score (nSPS) is 12.9. The maximum absolute atomic E-state index is 11.5. The first-order chi connectivity index (χ1) is 9.00. The molecular weight excluding hydrogens is 252 g/mol. The number of hydrogen-bond acceptors (Lipinski definition) is 3. The minimum Gasteiger partial charge on any atom is -0.507 e. The number of benzene rings is 1. The summed E-state index contributed by atoms with van der Waals surface area (Å²) in [6.07, 6.45) is 0. The third-order valence-corrected chi connectivity index (χ3v) is 3.50. The Morgan fingerprint density at radius 2 is 1.55 bits per heavy atom. The van der Waals surface area contributed by atoms with E-state index in [1.54, 1.807) is 0 Å². The molecular formula is C17H22O3. The fraction of sp³-hybridized carbons (Fsp3) is 0.471. The predicted octanol–water partition coefficient (Wildman–Crippen LogP) is 4.09. The molecule has 108 valence electrons. The Morgan fingerprint density at radius 3 is 2.05 bits per heavy atom. The van der Waals surface area contributed by atoms with E-state index in [4.69, 9.17) is 4.42 Å². The van der Waals surface area contributed by atoms with Crippen LogP contribution in [-0.2, 0) is 10.8 Å². The van der Waals surface area contributed by atoms with E-state index in [9.17, 15) is 9.90 Å². The van der Waals surface area contributed by atoms with Gasteiger partial charge in [0, 0.05) is 5.56 Å². The van der Waals surface area contributed by atoms with Gasteiger partial charge in [0.15, 0.2) is 0 Å². The summed E-state index contributed by atoms with van der Waals surface area (Å²) < 4.78 is 5.35. The van der Waals surface area contributed by atoms with E-state index in [0.717, 1.165) is 17.2 Å². The SMILES string of the molecule is CC(C)(C)c1cc(C(C)(C)C)c2oc(=O)cc(O)c2c1. The fourth-order valence-electron chi connectivity index (χ4n) is 2.24. The van der Waals surface area contributed by atoms with Gasteiger partial charge in [-0.15, -0.1) is 0 Å². The van der Waals surface area contributed by atoms with Gasteiger partial charge in [-0.2, -0.15) is 0 Å². The van der Waals surface area contributed by atoms with Gasteiger partial charge in [0.05, 0.1) is 11.5 Å². The van der Waals surface area contributed by atoms with Gasteiger partial charge in [-0.05, 0) is 22.5 Å². The van der Waals surface area contributed by atoms with E-state index in [-0.39, 0.29) is 16.6 Å². The van der Waals surface area contributed by atoms with Crippen molar-refractivity contribution in [2.24, 2.45) is 0 Å². The minimum absolute atomic E-state index is 0.0205. The van der Waals surface area contributed by atoms with Crippen LogP contribution in [0, 0.1) is 0 Å². The van der Waals surface area contributed by atoms with Crippen molar-refractivity contribution in [2.45, 2.75) is 52.4 Å². The molecule has 0 spiro atoms. The van der Waals surface area contributed by atoms with E-state index < -0.39 is 5.63 Å². The summed E-state index contributed by atoms with van der Waals surface area (Å²) in [5, 5.41) is 10.7. The zero-order valence-corrected chi connectivity index (χ0v) is 13.0. The van der Waals surface area contributed by atoms with Crippen LogP contribution in [-0.4, -0.2) is 5.11 Å². The third kappa shape index (κ3) is 2.58. The zero-order valence-electron chi connectivity index (χ0n) is 13.0. The van der Waals surface area contributed by atoms with Gasteiger partial charge in [0.1, 0.15) is 11.3 Å². The number of rotatable bonds is 0. The molecule has 0 saturated heterocycles. The first-order valence-electron chi connectivity index (χ1n) is 6.82. The maximum Gasteiger partial charge on any atom is 0.339 e. The summed E-state index contributed by atoms with van der Waals surface area (Å²) in [6.45, 7) is 12.6. The lowest BCUT2D eigenvalue weighted by atomic mass is 9.79. The van der Waals surface area contributed by atoms with Gasteiger partial charge in [-0.3, -0.25) is 0 Å². The van der Waals surface area contributed by atoms with Crippen LogP contribution in [0.25, 0.3) is 11.0 Å². The summed E-state index contributed by atoms with van der Waals surface area (Å²) in [5.74, 6) is -0.0205. The number of fused-ring (bicyclic) bond motifs is 1. The molecule has 0 radical (unpaired) electrons. The standard InChI is InChI=1S/C17H22O3/c1-16(2,3)10-7-11-13(18)9-14(19)20-15(11)12(8-10)17(4,5)6/h7-9,18H,1-6H3. The molecule has 0 bridgehead atoms. The van der Waals surface area contributed by atoms with Gasteiger partial charge in [0.2, 0.25) is 0 Å². The summed E-state index contributed by atoms with van der Waals surface area (Å²) >= 11 is 0. The quantitative estimate of drug-likeness (QED) is 0.736. The molecule has 0 fully saturated rings. The van der Waals surface area contributed by atoms with Crippen LogP contribution in [0.15, 0.2) is 27.4 Å². The lowest BCUT2D eigenvalue weighted by molar-refractivity contribution is 0.464. The molecule has 1 aromatic heterocycles. The Morgan fingerprint density at radius 1 is 0.950 bits per heavy atom. The lowest BCUT2D eigenvalue weighted by Crippen LogP contribution is -2.17. The van der Waals surface area contributed by atoms with Crippen LogP contribution in [0.4, 0.5) is 0 Å². The van der Waals surface area contributed by atoms with Crippen molar-refractivity contribution < 1.29 is 9.52 Å². The summed E-state index contributed by atoms with van der Waals surface area (Å²) in [4.78, 5) is 11.5. The molecule has 0 aliphatic rings. The van der Waals surface area contributed by atoms with Crippen molar-refractivity contribution in [3.63, 3.8) is 0 Å².